The van der Waals surface area contributed by atoms with Gasteiger partial charge in [0, 0.05) is 0 Å². The molecule has 0 heterocycles. The Morgan fingerprint density at radius 3 is 2.30 bits per heavy atom. The molecule has 27 heavy (non-hydrogen) atoms. The van der Waals surface area contributed by atoms with Gasteiger partial charge in [-0.1, -0.05) is 0 Å². The molecule has 2 aliphatic carbocycles. The van der Waals surface area contributed by atoms with Crippen molar-refractivity contribution in [2.45, 2.75) is 37.9 Å². The van der Waals surface area contributed by atoms with E-state index in [0.717, 1.165) is 19.3 Å². The third-order valence-corrected chi connectivity index (χ3v) is 11.2. The zero-order chi connectivity index (χ0) is 19.1. The van der Waals surface area contributed by atoms with Crippen LogP contribution in [0.3, 0.4) is 0 Å². The summed E-state index contributed by atoms with van der Waals surface area (Å²) in [5.74, 6) is 1.14. The van der Waals surface area contributed by atoms with Gasteiger partial charge >= 0.3 is 169 Å². The Bertz CT molecular complexity index is 896. The molecule has 0 aromatic heterocycles. The fourth-order valence-corrected chi connectivity index (χ4v) is 10.8. The van der Waals surface area contributed by atoms with Crippen LogP contribution < -0.4 is 8.64 Å². The molecule has 2 aromatic rings. The van der Waals surface area contributed by atoms with E-state index in [2.05, 4.69) is 38.1 Å². The first-order valence-corrected chi connectivity index (χ1v) is 12.9. The number of rotatable bonds is 6. The molecule has 0 unspecified atom stereocenters. The molecule has 2 aliphatic rings. The van der Waals surface area contributed by atoms with Crippen molar-refractivity contribution in [3.63, 3.8) is 0 Å². The van der Waals surface area contributed by atoms with Crippen LogP contribution in [0.25, 0.3) is 0 Å². The number of hydrogen-bond donors (Lipinski definition) is 0. The fourth-order valence-electron chi connectivity index (χ4n) is 5.14. The van der Waals surface area contributed by atoms with Gasteiger partial charge in [-0.3, -0.25) is 0 Å². The van der Waals surface area contributed by atoms with Crippen LogP contribution in [0.5, 0.6) is 5.75 Å². The van der Waals surface area contributed by atoms with E-state index < -0.39 is 10.1 Å². The molecule has 144 valence electrons. The molecule has 3 nitrogen and oxygen atoms in total. The third kappa shape index (κ3) is 3.46. The second kappa shape index (κ2) is 6.95. The molecule has 2 aromatic carbocycles. The summed E-state index contributed by atoms with van der Waals surface area (Å²) in [4.78, 5) is 0.440. The SMILES string of the molecule is CC1(C)[C@@H]2CC[C@@]1(CS(=O)(=O)Oc1ccccc1)[C@H]([Se]c1ccccc1)C2. The molecule has 0 radical (unpaired) electrons. The van der Waals surface area contributed by atoms with Crippen LogP contribution in [0.2, 0.25) is 4.82 Å². The summed E-state index contributed by atoms with van der Waals surface area (Å²) in [6.07, 6.45) is 3.26. The maximum absolute atomic E-state index is 13.0. The Balaban J connectivity index is 1.62. The van der Waals surface area contributed by atoms with Gasteiger partial charge in [-0.05, 0) is 0 Å². The average Bonchev–Trinajstić information content (AvgIpc) is 2.97. The maximum atomic E-state index is 13.0. The first-order chi connectivity index (χ1) is 12.8. The molecule has 0 aliphatic heterocycles. The van der Waals surface area contributed by atoms with Crippen LogP contribution in [0.1, 0.15) is 33.1 Å². The van der Waals surface area contributed by atoms with Crippen molar-refractivity contribution in [3.05, 3.63) is 60.7 Å². The van der Waals surface area contributed by atoms with Crippen LogP contribution in [-0.2, 0) is 10.1 Å². The van der Waals surface area contributed by atoms with E-state index >= 15 is 0 Å². The normalized spacial score (nSPS) is 29.0. The minimum absolute atomic E-state index is 0.0291. The Morgan fingerprint density at radius 1 is 1.04 bits per heavy atom. The van der Waals surface area contributed by atoms with Gasteiger partial charge in [0.15, 0.2) is 0 Å². The van der Waals surface area contributed by atoms with Crippen molar-refractivity contribution in [3.8, 4) is 5.75 Å². The van der Waals surface area contributed by atoms with Gasteiger partial charge in [0.25, 0.3) is 0 Å². The molecule has 2 fully saturated rings. The molecule has 0 saturated heterocycles. The van der Waals surface area contributed by atoms with E-state index in [1.165, 1.54) is 4.46 Å². The van der Waals surface area contributed by atoms with Crippen LogP contribution in [-0.4, -0.2) is 29.1 Å². The number of para-hydroxylation sites is 1. The Kier molecular flexibility index (Phi) is 4.90. The summed E-state index contributed by atoms with van der Waals surface area (Å²) in [5, 5.41) is 0. The molecule has 0 amide bonds. The van der Waals surface area contributed by atoms with Crippen LogP contribution in [0, 0.1) is 16.7 Å². The Labute approximate surface area is 168 Å². The molecule has 5 heteroatoms. The molecule has 4 rings (SSSR count). The monoisotopic (exact) mass is 450 g/mol. The van der Waals surface area contributed by atoms with Gasteiger partial charge in [-0.25, -0.2) is 0 Å². The van der Waals surface area contributed by atoms with Crippen LogP contribution in [0.15, 0.2) is 60.7 Å². The van der Waals surface area contributed by atoms with Gasteiger partial charge < -0.3 is 0 Å². The second-order valence-corrected chi connectivity index (χ2v) is 12.6. The molecule has 2 bridgehead atoms. The first-order valence-electron chi connectivity index (χ1n) is 9.51. The zero-order valence-electron chi connectivity index (χ0n) is 15.8. The summed E-state index contributed by atoms with van der Waals surface area (Å²) < 4.78 is 32.9. The summed E-state index contributed by atoms with van der Waals surface area (Å²) in [5.41, 5.74) is -0.164. The van der Waals surface area contributed by atoms with Gasteiger partial charge in [0.05, 0.1) is 0 Å². The van der Waals surface area contributed by atoms with E-state index in [0.29, 0.717) is 16.5 Å². The summed E-state index contributed by atoms with van der Waals surface area (Å²) in [7, 11) is -3.65. The molecular weight excluding hydrogens is 423 g/mol. The van der Waals surface area contributed by atoms with Crippen molar-refractivity contribution >= 4 is 29.5 Å². The van der Waals surface area contributed by atoms with E-state index in [4.69, 9.17) is 4.18 Å². The van der Waals surface area contributed by atoms with Crippen molar-refractivity contribution in [1.29, 1.82) is 0 Å². The number of benzene rings is 2. The summed E-state index contributed by atoms with van der Waals surface area (Å²) in [6, 6.07) is 19.4. The molecule has 0 N–H and O–H groups in total. The van der Waals surface area contributed by atoms with Gasteiger partial charge in [-0.15, -0.1) is 0 Å². The summed E-state index contributed by atoms with van der Waals surface area (Å²) in [6.45, 7) is 4.56. The van der Waals surface area contributed by atoms with Gasteiger partial charge in [0.2, 0.25) is 0 Å². The second-order valence-electron chi connectivity index (χ2n) is 8.37. The van der Waals surface area contributed by atoms with E-state index in [-0.39, 0.29) is 31.5 Å². The average molecular weight is 449 g/mol. The fraction of sp³-hybridized carbons (Fsp3) is 0.455. The molecule has 3 atom stereocenters. The van der Waals surface area contributed by atoms with Crippen molar-refractivity contribution < 1.29 is 12.6 Å². The Hall–Kier alpha value is -1.29. The quantitative estimate of drug-likeness (QED) is 0.494. The van der Waals surface area contributed by atoms with Crippen LogP contribution in [0.4, 0.5) is 0 Å². The van der Waals surface area contributed by atoms with E-state index in [1.807, 2.05) is 12.1 Å². The summed E-state index contributed by atoms with van der Waals surface area (Å²) >= 11 is 0.274. The predicted octanol–water partition coefficient (Wildman–Crippen LogP) is 4.04. The van der Waals surface area contributed by atoms with E-state index in [9.17, 15) is 8.42 Å². The minimum atomic E-state index is -3.65. The third-order valence-electron chi connectivity index (χ3n) is 6.78. The molecule has 2 saturated carbocycles. The molecule has 0 spiro atoms. The zero-order valence-corrected chi connectivity index (χ0v) is 18.3. The van der Waals surface area contributed by atoms with Gasteiger partial charge in [-0.2, -0.15) is 0 Å². The first kappa shape index (κ1) is 19.0. The standard InChI is InChI=1S/C22H26O3SSe/c1-21(2)17-13-14-22(21,20(15-17)27-19-11-7-4-8-12-19)16-26(23,24)25-18-9-5-3-6-10-18/h3-12,17,20H,13-16H2,1-2H3/t17-,20-,22-/m1/s1. The van der Waals surface area contributed by atoms with E-state index in [1.54, 1.807) is 24.3 Å². The van der Waals surface area contributed by atoms with Gasteiger partial charge in [0.1, 0.15) is 0 Å². The predicted molar refractivity (Wildman–Crippen MR) is 110 cm³/mol. The van der Waals surface area contributed by atoms with Crippen molar-refractivity contribution in [2.24, 2.45) is 16.7 Å². The number of fused-ring (bicyclic) bond motifs is 2. The Morgan fingerprint density at radius 2 is 1.67 bits per heavy atom. The topological polar surface area (TPSA) is 43.4 Å². The number of hydrogen-bond acceptors (Lipinski definition) is 3. The van der Waals surface area contributed by atoms with Crippen LogP contribution >= 0.6 is 0 Å². The van der Waals surface area contributed by atoms with Crippen molar-refractivity contribution in [2.75, 3.05) is 5.75 Å². The molecular formula is C22H26O3SSe. The van der Waals surface area contributed by atoms with Crippen molar-refractivity contribution in [1.82, 2.24) is 0 Å².